The number of ether oxygens (including phenoxy) is 1. The van der Waals surface area contributed by atoms with Gasteiger partial charge in [0.05, 0.1) is 11.7 Å². The minimum absolute atomic E-state index is 0. The van der Waals surface area contributed by atoms with Crippen molar-refractivity contribution >= 4 is 41.7 Å². The van der Waals surface area contributed by atoms with E-state index >= 15 is 0 Å². The minimum Gasteiger partial charge on any atom is -0.372 e. The predicted molar refractivity (Wildman–Crippen MR) is 121 cm³/mol. The van der Waals surface area contributed by atoms with Gasteiger partial charge in [-0.05, 0) is 59.9 Å². The summed E-state index contributed by atoms with van der Waals surface area (Å²) in [6, 6.07) is 0. The summed E-state index contributed by atoms with van der Waals surface area (Å²) in [6.45, 7) is 9.42. The van der Waals surface area contributed by atoms with E-state index in [0.29, 0.717) is 6.10 Å². The zero-order valence-electron chi connectivity index (χ0n) is 16.8. The van der Waals surface area contributed by atoms with Crippen LogP contribution in [-0.4, -0.2) is 85.3 Å². The van der Waals surface area contributed by atoms with Gasteiger partial charge in [-0.25, -0.2) is 0 Å². The maximum absolute atomic E-state index is 6.13. The molecule has 5 nitrogen and oxygen atoms in total. The van der Waals surface area contributed by atoms with Gasteiger partial charge in [-0.15, -0.1) is 24.0 Å². The molecule has 1 unspecified atom stereocenters. The smallest absolute Gasteiger partial charge is 0.193 e. The van der Waals surface area contributed by atoms with Gasteiger partial charge in [-0.1, -0.05) is 0 Å². The molecule has 0 bridgehead atoms. The molecule has 0 aliphatic carbocycles. The number of nitrogens with one attached hydrogen (secondary N) is 1. The first kappa shape index (κ1) is 23.3. The summed E-state index contributed by atoms with van der Waals surface area (Å²) in [7, 11) is 6.29. The van der Waals surface area contributed by atoms with Crippen molar-refractivity contribution in [2.45, 2.75) is 57.3 Å². The second-order valence-corrected chi connectivity index (χ2v) is 9.34. The van der Waals surface area contributed by atoms with Crippen molar-refractivity contribution in [2.24, 2.45) is 4.99 Å². The topological polar surface area (TPSA) is 40.1 Å². The van der Waals surface area contributed by atoms with Gasteiger partial charge in [0.1, 0.15) is 0 Å². The highest BCUT2D eigenvalue weighted by molar-refractivity contribution is 14.0. The van der Waals surface area contributed by atoms with Crippen molar-refractivity contribution in [3.8, 4) is 0 Å². The van der Waals surface area contributed by atoms with E-state index in [9.17, 15) is 0 Å². The Morgan fingerprint density at radius 3 is 2.40 bits per heavy atom. The van der Waals surface area contributed by atoms with Crippen molar-refractivity contribution in [3.05, 3.63) is 0 Å². The van der Waals surface area contributed by atoms with Crippen LogP contribution in [0, 0.1) is 0 Å². The number of hydrogen-bond acceptors (Lipinski definition) is 4. The van der Waals surface area contributed by atoms with Gasteiger partial charge in [0.2, 0.25) is 0 Å². The van der Waals surface area contributed by atoms with E-state index in [4.69, 9.17) is 4.74 Å². The summed E-state index contributed by atoms with van der Waals surface area (Å²) in [5.41, 5.74) is 0.208. The molecule has 148 valence electrons. The number of rotatable bonds is 4. The van der Waals surface area contributed by atoms with E-state index < -0.39 is 0 Å². The molecule has 2 heterocycles. The highest BCUT2D eigenvalue weighted by atomic mass is 127. The predicted octanol–water partition coefficient (Wildman–Crippen LogP) is 2.90. The van der Waals surface area contributed by atoms with E-state index in [1.165, 1.54) is 17.9 Å². The quantitative estimate of drug-likeness (QED) is 0.378. The maximum atomic E-state index is 6.13. The summed E-state index contributed by atoms with van der Waals surface area (Å²) in [6.07, 6.45) is 3.77. The lowest BCUT2D eigenvalue weighted by molar-refractivity contribution is -0.0773. The first-order chi connectivity index (χ1) is 11.3. The van der Waals surface area contributed by atoms with Gasteiger partial charge in [-0.2, -0.15) is 11.8 Å². The lowest BCUT2D eigenvalue weighted by atomic mass is 9.97. The van der Waals surface area contributed by atoms with E-state index in [2.05, 4.69) is 66.7 Å². The van der Waals surface area contributed by atoms with Gasteiger partial charge < -0.3 is 19.9 Å². The fraction of sp³-hybridized carbons (Fsp3) is 0.944. The van der Waals surface area contributed by atoms with E-state index in [1.54, 1.807) is 0 Å². The molecule has 0 aromatic rings. The number of aliphatic imine (C=N–C) groups is 1. The molecule has 2 saturated heterocycles. The average molecular weight is 484 g/mol. The van der Waals surface area contributed by atoms with Gasteiger partial charge in [0, 0.05) is 38.0 Å². The number of hydrogen-bond donors (Lipinski definition) is 1. The van der Waals surface area contributed by atoms with E-state index in [1.807, 2.05) is 7.05 Å². The van der Waals surface area contributed by atoms with Crippen molar-refractivity contribution < 1.29 is 4.74 Å². The second kappa shape index (κ2) is 9.99. The fourth-order valence-corrected chi connectivity index (χ4v) is 5.06. The van der Waals surface area contributed by atoms with Crippen LogP contribution in [0.4, 0.5) is 0 Å². The highest BCUT2D eigenvalue weighted by Gasteiger charge is 2.37. The number of guanidine groups is 1. The van der Waals surface area contributed by atoms with Crippen molar-refractivity contribution in [1.82, 2.24) is 15.1 Å². The largest absolute Gasteiger partial charge is 0.372 e. The standard InChI is InChI=1S/C18H36N4OS.HI/c1-17(2,3)23-15-7-10-22(11-8-15)16(19-4)20-13-18(21(5)6)9-12-24-14-18;/h15H,7-14H2,1-6H3,(H,19,20);1H. The van der Waals surface area contributed by atoms with Gasteiger partial charge in [0.15, 0.2) is 5.96 Å². The number of nitrogens with zero attached hydrogens (tertiary/aromatic N) is 3. The molecule has 25 heavy (non-hydrogen) atoms. The lowest BCUT2D eigenvalue weighted by Gasteiger charge is -2.39. The minimum atomic E-state index is -0.0506. The Kier molecular flexibility index (Phi) is 9.31. The van der Waals surface area contributed by atoms with Crippen LogP contribution in [-0.2, 0) is 4.74 Å². The Balaban J connectivity index is 0.00000312. The molecular weight excluding hydrogens is 447 g/mol. The Morgan fingerprint density at radius 1 is 1.32 bits per heavy atom. The number of likely N-dealkylation sites (N-methyl/N-ethyl adjacent to an activating group) is 1. The average Bonchev–Trinajstić information content (AvgIpc) is 2.98. The molecule has 1 atom stereocenters. The molecule has 2 aliphatic rings. The number of halogens is 1. The molecular formula is C18H37IN4OS. The Morgan fingerprint density at radius 2 is 1.96 bits per heavy atom. The molecule has 1 N–H and O–H groups in total. The maximum Gasteiger partial charge on any atom is 0.193 e. The SMILES string of the molecule is CN=C(NCC1(N(C)C)CCSC1)N1CCC(OC(C)(C)C)CC1.I. The van der Waals surface area contributed by atoms with Crippen LogP contribution in [0.3, 0.4) is 0 Å². The Bertz CT molecular complexity index is 425. The van der Waals surface area contributed by atoms with Crippen LogP contribution in [0.2, 0.25) is 0 Å². The molecule has 2 fully saturated rings. The summed E-state index contributed by atoms with van der Waals surface area (Å²) >= 11 is 2.06. The highest BCUT2D eigenvalue weighted by Crippen LogP contribution is 2.31. The van der Waals surface area contributed by atoms with E-state index in [-0.39, 0.29) is 35.1 Å². The third kappa shape index (κ3) is 6.74. The molecule has 0 aromatic heterocycles. The third-order valence-corrected chi connectivity index (χ3v) is 6.31. The number of piperidine rings is 1. The van der Waals surface area contributed by atoms with Crippen LogP contribution in [0.15, 0.2) is 4.99 Å². The van der Waals surface area contributed by atoms with Crippen molar-refractivity contribution in [1.29, 1.82) is 0 Å². The van der Waals surface area contributed by atoms with Crippen molar-refractivity contribution in [2.75, 3.05) is 52.3 Å². The normalized spacial score (nSPS) is 26.0. The zero-order chi connectivity index (χ0) is 17.8. The monoisotopic (exact) mass is 484 g/mol. The first-order valence-electron chi connectivity index (χ1n) is 9.14. The second-order valence-electron chi connectivity index (χ2n) is 8.24. The summed E-state index contributed by atoms with van der Waals surface area (Å²) in [4.78, 5) is 9.30. The fourth-order valence-electron chi connectivity index (χ4n) is 3.51. The molecule has 7 heteroatoms. The summed E-state index contributed by atoms with van der Waals surface area (Å²) < 4.78 is 6.13. The third-order valence-electron chi connectivity index (χ3n) is 5.08. The van der Waals surface area contributed by atoms with Crippen LogP contribution in [0.5, 0.6) is 0 Å². The number of likely N-dealkylation sites (tertiary alicyclic amines) is 1. The van der Waals surface area contributed by atoms with Crippen LogP contribution >= 0.6 is 35.7 Å². The molecule has 0 aromatic carbocycles. The van der Waals surface area contributed by atoms with Crippen LogP contribution in [0.1, 0.15) is 40.0 Å². The van der Waals surface area contributed by atoms with Gasteiger partial charge in [0.25, 0.3) is 0 Å². The molecule has 0 saturated carbocycles. The summed E-state index contributed by atoms with van der Waals surface area (Å²) in [5.74, 6) is 3.50. The van der Waals surface area contributed by atoms with Crippen LogP contribution < -0.4 is 5.32 Å². The van der Waals surface area contributed by atoms with Crippen molar-refractivity contribution in [3.63, 3.8) is 0 Å². The number of thioether (sulfide) groups is 1. The van der Waals surface area contributed by atoms with Gasteiger partial charge in [-0.3, -0.25) is 4.99 Å². The molecule has 0 amide bonds. The van der Waals surface area contributed by atoms with E-state index in [0.717, 1.165) is 38.4 Å². The Hall–Kier alpha value is 0.270. The summed E-state index contributed by atoms with van der Waals surface area (Å²) in [5, 5.41) is 3.65. The van der Waals surface area contributed by atoms with Gasteiger partial charge >= 0.3 is 0 Å². The molecule has 0 radical (unpaired) electrons. The van der Waals surface area contributed by atoms with Crippen LogP contribution in [0.25, 0.3) is 0 Å². The molecule has 2 rings (SSSR count). The first-order valence-corrected chi connectivity index (χ1v) is 10.3. The molecule has 0 spiro atoms. The zero-order valence-corrected chi connectivity index (χ0v) is 19.9. The molecule has 2 aliphatic heterocycles. The Labute approximate surface area is 175 Å². The lowest BCUT2D eigenvalue weighted by Crippen LogP contribution is -2.56.